The fraction of sp³-hybridized carbons (Fsp3) is 0.625. The highest BCUT2D eigenvalue weighted by Gasteiger charge is 2.21. The van der Waals surface area contributed by atoms with Crippen LogP contribution in [-0.2, 0) is 14.4 Å². The Morgan fingerprint density at radius 1 is 1.38 bits per heavy atom. The van der Waals surface area contributed by atoms with Crippen molar-refractivity contribution in [2.24, 2.45) is 11.5 Å². The molecule has 8 heteroatoms. The Kier molecular flexibility index (Phi) is 7.96. The van der Waals surface area contributed by atoms with Crippen LogP contribution in [0.15, 0.2) is 0 Å². The van der Waals surface area contributed by atoms with E-state index in [1.807, 2.05) is 0 Å². The second-order valence-electron chi connectivity index (χ2n) is 3.19. The first-order valence-electron chi connectivity index (χ1n) is 4.41. The molecule has 0 aromatic heterocycles. The van der Waals surface area contributed by atoms with Crippen LogP contribution >= 0.6 is 0 Å². The van der Waals surface area contributed by atoms with E-state index in [-0.39, 0.29) is 18.3 Å². The van der Waals surface area contributed by atoms with E-state index >= 15 is 0 Å². The molecule has 0 aliphatic rings. The molecule has 0 aromatic carbocycles. The molecular formula is C8H17N3O5. The maximum Gasteiger partial charge on any atom is 0.326 e. The number of hydrogen-bond acceptors (Lipinski definition) is 4. The van der Waals surface area contributed by atoms with E-state index in [0.29, 0.717) is 0 Å². The Balaban J connectivity index is 0. The summed E-state index contributed by atoms with van der Waals surface area (Å²) >= 11 is 0. The average molecular weight is 235 g/mol. The van der Waals surface area contributed by atoms with Crippen LogP contribution in [-0.4, -0.2) is 40.5 Å². The summed E-state index contributed by atoms with van der Waals surface area (Å²) in [6, 6.07) is -1.92. The van der Waals surface area contributed by atoms with Crippen LogP contribution in [0.3, 0.4) is 0 Å². The van der Waals surface area contributed by atoms with Gasteiger partial charge in [-0.1, -0.05) is 0 Å². The summed E-state index contributed by atoms with van der Waals surface area (Å²) < 4.78 is 0. The van der Waals surface area contributed by atoms with Gasteiger partial charge in [0.2, 0.25) is 11.8 Å². The minimum absolute atomic E-state index is 0. The van der Waals surface area contributed by atoms with Crippen LogP contribution in [0.5, 0.6) is 0 Å². The summed E-state index contributed by atoms with van der Waals surface area (Å²) in [5.74, 6) is -2.41. The van der Waals surface area contributed by atoms with E-state index in [1.54, 1.807) is 0 Å². The van der Waals surface area contributed by atoms with E-state index in [9.17, 15) is 14.4 Å². The molecule has 0 aliphatic carbocycles. The molecule has 0 rings (SSSR count). The van der Waals surface area contributed by atoms with Gasteiger partial charge >= 0.3 is 5.97 Å². The van der Waals surface area contributed by atoms with Crippen molar-refractivity contribution in [1.82, 2.24) is 5.32 Å². The third-order valence-electron chi connectivity index (χ3n) is 1.71. The highest BCUT2D eigenvalue weighted by atomic mass is 16.4. The van der Waals surface area contributed by atoms with Crippen LogP contribution in [0.1, 0.15) is 19.8 Å². The predicted molar refractivity (Wildman–Crippen MR) is 55.3 cm³/mol. The van der Waals surface area contributed by atoms with Gasteiger partial charge in [0.15, 0.2) is 0 Å². The molecule has 0 radical (unpaired) electrons. The number of hydrogen-bond donors (Lipinski definition) is 4. The summed E-state index contributed by atoms with van der Waals surface area (Å²) in [4.78, 5) is 32.2. The first-order valence-corrected chi connectivity index (χ1v) is 4.41. The van der Waals surface area contributed by atoms with Crippen LogP contribution < -0.4 is 16.8 Å². The lowest BCUT2D eigenvalue weighted by Gasteiger charge is -2.14. The first kappa shape index (κ1) is 16.7. The normalized spacial score (nSPS) is 13.1. The molecule has 0 heterocycles. The monoisotopic (exact) mass is 235 g/mol. The van der Waals surface area contributed by atoms with Gasteiger partial charge in [-0.25, -0.2) is 4.79 Å². The molecule has 94 valence electrons. The quantitative estimate of drug-likeness (QED) is 0.393. The highest BCUT2D eigenvalue weighted by Crippen LogP contribution is 1.97. The number of nitrogens with one attached hydrogen (secondary N) is 1. The van der Waals surface area contributed by atoms with E-state index in [1.165, 1.54) is 6.92 Å². The fourth-order valence-electron chi connectivity index (χ4n) is 0.847. The van der Waals surface area contributed by atoms with Crippen molar-refractivity contribution >= 4 is 17.8 Å². The standard InChI is InChI=1S/C8H15N3O4.H2O/c1-4(9)7(13)11-5(8(14)15)2-3-6(10)12;/h4-5H,2-3,9H2,1H3,(H2,10,12)(H,11,13)(H,14,15);1H2/t4-,5-;/m0./s1. The number of carboxylic acids is 1. The lowest BCUT2D eigenvalue weighted by Crippen LogP contribution is -2.47. The van der Waals surface area contributed by atoms with E-state index in [0.717, 1.165) is 0 Å². The molecule has 0 saturated heterocycles. The number of nitrogens with two attached hydrogens (primary N) is 2. The van der Waals surface area contributed by atoms with Gasteiger partial charge in [-0.3, -0.25) is 9.59 Å². The number of primary amides is 1. The van der Waals surface area contributed by atoms with Crippen LogP contribution in [0.2, 0.25) is 0 Å². The smallest absolute Gasteiger partial charge is 0.326 e. The van der Waals surface area contributed by atoms with Gasteiger partial charge in [-0.15, -0.1) is 0 Å². The van der Waals surface area contributed by atoms with Crippen LogP contribution in [0.25, 0.3) is 0 Å². The van der Waals surface area contributed by atoms with Gasteiger partial charge in [0.05, 0.1) is 6.04 Å². The second-order valence-corrected chi connectivity index (χ2v) is 3.19. The molecule has 8 N–H and O–H groups in total. The topological polar surface area (TPSA) is 167 Å². The first-order chi connectivity index (χ1) is 6.84. The molecule has 0 fully saturated rings. The predicted octanol–water partition coefficient (Wildman–Crippen LogP) is -2.66. The SMILES string of the molecule is C[C@H](N)C(=O)N[C@@H](CCC(N)=O)C(=O)O.O. The van der Waals surface area contributed by atoms with Crippen LogP contribution in [0, 0.1) is 0 Å². The molecule has 0 bridgehead atoms. The zero-order valence-electron chi connectivity index (χ0n) is 8.90. The minimum Gasteiger partial charge on any atom is -0.480 e. The minimum atomic E-state index is -1.22. The Bertz CT molecular complexity index is 266. The lowest BCUT2D eigenvalue weighted by molar-refractivity contribution is -0.142. The number of carbonyl (C=O) groups is 3. The Labute approximate surface area is 92.3 Å². The third kappa shape index (κ3) is 6.74. The molecule has 0 spiro atoms. The average Bonchev–Trinajstić information content (AvgIpc) is 2.10. The Morgan fingerprint density at radius 3 is 2.19 bits per heavy atom. The molecule has 8 nitrogen and oxygen atoms in total. The fourth-order valence-corrected chi connectivity index (χ4v) is 0.847. The summed E-state index contributed by atoms with van der Waals surface area (Å²) in [6.45, 7) is 1.43. The number of carbonyl (C=O) groups excluding carboxylic acids is 2. The maximum absolute atomic E-state index is 11.1. The second kappa shape index (κ2) is 7.60. The molecule has 0 aromatic rings. The van der Waals surface area contributed by atoms with E-state index in [2.05, 4.69) is 5.32 Å². The Hall–Kier alpha value is -1.67. The van der Waals surface area contributed by atoms with Crippen molar-refractivity contribution in [1.29, 1.82) is 0 Å². The van der Waals surface area contributed by atoms with Gasteiger partial charge in [-0.2, -0.15) is 0 Å². The van der Waals surface area contributed by atoms with Crippen molar-refractivity contribution in [3.8, 4) is 0 Å². The van der Waals surface area contributed by atoms with Gasteiger partial charge in [0.25, 0.3) is 0 Å². The Morgan fingerprint density at radius 2 is 1.88 bits per heavy atom. The zero-order valence-corrected chi connectivity index (χ0v) is 8.90. The summed E-state index contributed by atoms with van der Waals surface area (Å²) in [7, 11) is 0. The van der Waals surface area contributed by atoms with E-state index < -0.39 is 29.9 Å². The molecule has 2 atom stereocenters. The molecule has 0 saturated carbocycles. The summed E-state index contributed by atoms with van der Waals surface area (Å²) in [6.07, 6.45) is -0.140. The summed E-state index contributed by atoms with van der Waals surface area (Å²) in [5.41, 5.74) is 10.1. The number of carboxylic acid groups (broad SMARTS) is 1. The molecule has 2 amide bonds. The maximum atomic E-state index is 11.1. The van der Waals surface area contributed by atoms with Crippen molar-refractivity contribution in [3.63, 3.8) is 0 Å². The number of aliphatic carboxylic acids is 1. The molecule has 0 aliphatic heterocycles. The van der Waals surface area contributed by atoms with Crippen molar-refractivity contribution < 1.29 is 25.0 Å². The van der Waals surface area contributed by atoms with Crippen molar-refractivity contribution in [3.05, 3.63) is 0 Å². The van der Waals surface area contributed by atoms with Crippen LogP contribution in [0.4, 0.5) is 0 Å². The van der Waals surface area contributed by atoms with Gasteiger partial charge in [0, 0.05) is 6.42 Å². The van der Waals surface area contributed by atoms with E-state index in [4.69, 9.17) is 16.6 Å². The van der Waals surface area contributed by atoms with Gasteiger partial charge in [0.1, 0.15) is 6.04 Å². The number of rotatable bonds is 6. The molecule has 0 unspecified atom stereocenters. The number of amides is 2. The largest absolute Gasteiger partial charge is 0.480 e. The lowest BCUT2D eigenvalue weighted by atomic mass is 10.1. The van der Waals surface area contributed by atoms with Gasteiger partial charge in [-0.05, 0) is 13.3 Å². The molecule has 16 heavy (non-hydrogen) atoms. The molecular weight excluding hydrogens is 218 g/mol. The van der Waals surface area contributed by atoms with Crippen molar-refractivity contribution in [2.75, 3.05) is 0 Å². The van der Waals surface area contributed by atoms with Gasteiger partial charge < -0.3 is 27.4 Å². The summed E-state index contributed by atoms with van der Waals surface area (Å²) in [5, 5.41) is 10.9. The third-order valence-corrected chi connectivity index (χ3v) is 1.71. The van der Waals surface area contributed by atoms with Crippen molar-refractivity contribution in [2.45, 2.75) is 31.8 Å². The highest BCUT2D eigenvalue weighted by molar-refractivity contribution is 5.86. The zero-order chi connectivity index (χ0) is 12.0.